The van der Waals surface area contributed by atoms with Crippen LogP contribution in [0.15, 0.2) is 83.9 Å². The number of H-pyrrole nitrogens is 1. The van der Waals surface area contributed by atoms with Crippen molar-refractivity contribution in [2.45, 2.75) is 19.8 Å². The van der Waals surface area contributed by atoms with E-state index in [0.29, 0.717) is 29.2 Å². The Morgan fingerprint density at radius 3 is 2.17 bits per heavy atom. The van der Waals surface area contributed by atoms with Crippen LogP contribution in [-0.4, -0.2) is 21.6 Å². The number of hydrogen-bond acceptors (Lipinski definition) is 3. The lowest BCUT2D eigenvalue weighted by molar-refractivity contribution is -0.576. The number of carbonyl (C=O) groups excluding carboxylic acids is 2. The van der Waals surface area contributed by atoms with Crippen LogP contribution in [0.5, 0.6) is 0 Å². The Kier molecular flexibility index (Phi) is 6.12. The minimum atomic E-state index is -0.658. The first-order valence-corrected chi connectivity index (χ1v) is 11.7. The van der Waals surface area contributed by atoms with E-state index in [-0.39, 0.29) is 22.5 Å². The number of nitrogens with one attached hydrogen (secondary N) is 1. The van der Waals surface area contributed by atoms with Gasteiger partial charge in [0.2, 0.25) is 0 Å². The average molecular weight is 504 g/mol. The highest BCUT2D eigenvalue weighted by molar-refractivity contribution is 6.53. The Bertz CT molecular complexity index is 1560. The van der Waals surface area contributed by atoms with Gasteiger partial charge in [-0.05, 0) is 55.0 Å². The number of hydrogen-bond donors (Lipinski definition) is 1. The van der Waals surface area contributed by atoms with Crippen molar-refractivity contribution in [3.05, 3.63) is 112 Å². The van der Waals surface area contributed by atoms with Gasteiger partial charge in [-0.25, -0.2) is 14.0 Å². The molecule has 0 bridgehead atoms. The quantitative estimate of drug-likeness (QED) is 0.317. The molecule has 7 nitrogen and oxygen atoms in total. The molecule has 2 amide bonds. The Balaban J connectivity index is 1.76. The topological polar surface area (TPSA) is 79.1 Å². The molecule has 0 atom stereocenters. The van der Waals surface area contributed by atoms with Crippen molar-refractivity contribution in [3.8, 4) is 5.69 Å². The number of aryl methyl sites for hydroxylation is 1. The second kappa shape index (κ2) is 9.39. The summed E-state index contributed by atoms with van der Waals surface area (Å²) in [6.45, 7) is 1.95. The van der Waals surface area contributed by atoms with E-state index in [1.807, 2.05) is 6.92 Å². The summed E-state index contributed by atoms with van der Waals surface area (Å²) in [5, 5.41) is 3.64. The summed E-state index contributed by atoms with van der Waals surface area (Å²) in [6, 6.07) is 17.0. The summed E-state index contributed by atoms with van der Waals surface area (Å²) >= 11 is 6.02. The molecule has 0 spiro atoms. The standard InChI is InChI=1S/C27H20ClFN4O3/c1-2-6-21-22(26(35)33(30-21)20-11-7-17(28)8-12-20)23-24(31-15-4-3-5-16-31)27(36)32(25(23)34)19-13-9-18(29)10-14-19/h3-5,7-16H,2,6H2,1H3/p+1. The molecule has 2 aromatic carbocycles. The summed E-state index contributed by atoms with van der Waals surface area (Å²) in [5.41, 5.74) is 0.965. The van der Waals surface area contributed by atoms with Crippen molar-refractivity contribution in [3.63, 3.8) is 0 Å². The number of imide groups is 1. The molecule has 0 fully saturated rings. The van der Waals surface area contributed by atoms with Gasteiger partial charge in [0.1, 0.15) is 11.4 Å². The van der Waals surface area contributed by atoms with Gasteiger partial charge in [-0.1, -0.05) is 31.0 Å². The first kappa shape index (κ1) is 23.4. The fourth-order valence-electron chi connectivity index (χ4n) is 4.30. The van der Waals surface area contributed by atoms with Gasteiger partial charge in [-0.15, -0.1) is 0 Å². The molecular formula is C27H21ClFN4O3+. The minimum Gasteiger partial charge on any atom is -0.294 e. The summed E-state index contributed by atoms with van der Waals surface area (Å²) in [6.07, 6.45) is 4.44. The van der Waals surface area contributed by atoms with E-state index >= 15 is 0 Å². The van der Waals surface area contributed by atoms with Gasteiger partial charge in [0, 0.05) is 22.8 Å². The molecule has 0 aliphatic carbocycles. The van der Waals surface area contributed by atoms with Crippen molar-refractivity contribution in [1.82, 2.24) is 9.78 Å². The number of pyridine rings is 1. The number of anilines is 1. The van der Waals surface area contributed by atoms with Crippen molar-refractivity contribution in [2.24, 2.45) is 0 Å². The van der Waals surface area contributed by atoms with Gasteiger partial charge in [0.15, 0.2) is 12.4 Å². The zero-order chi connectivity index (χ0) is 25.4. The molecule has 3 heterocycles. The number of aromatic nitrogens is 3. The summed E-state index contributed by atoms with van der Waals surface area (Å²) in [5.74, 6) is -1.76. The maximum Gasteiger partial charge on any atom is 0.331 e. The van der Waals surface area contributed by atoms with E-state index in [1.165, 1.54) is 33.5 Å². The fraction of sp³-hybridized carbons (Fsp3) is 0.111. The first-order chi connectivity index (χ1) is 17.4. The number of nitrogens with zero attached hydrogens (tertiary/aromatic N) is 3. The highest BCUT2D eigenvalue weighted by atomic mass is 35.5. The van der Waals surface area contributed by atoms with E-state index in [9.17, 15) is 18.8 Å². The lowest BCUT2D eigenvalue weighted by Crippen LogP contribution is -2.39. The van der Waals surface area contributed by atoms with Crippen LogP contribution >= 0.6 is 11.6 Å². The smallest absolute Gasteiger partial charge is 0.294 e. The lowest BCUT2D eigenvalue weighted by Gasteiger charge is -2.13. The number of rotatable bonds is 6. The lowest BCUT2D eigenvalue weighted by atomic mass is 10.0. The molecular weight excluding hydrogens is 483 g/mol. The Hall–Kier alpha value is -4.30. The zero-order valence-corrected chi connectivity index (χ0v) is 20.0. The number of benzene rings is 2. The van der Waals surface area contributed by atoms with E-state index < -0.39 is 23.2 Å². The van der Waals surface area contributed by atoms with Gasteiger partial charge in [0.05, 0.1) is 16.9 Å². The molecule has 36 heavy (non-hydrogen) atoms. The summed E-state index contributed by atoms with van der Waals surface area (Å²) in [4.78, 5) is 42.3. The zero-order valence-electron chi connectivity index (χ0n) is 19.2. The normalized spacial score (nSPS) is 13.7. The summed E-state index contributed by atoms with van der Waals surface area (Å²) in [7, 11) is 0. The second-order valence-corrected chi connectivity index (χ2v) is 8.70. The number of aromatic amines is 1. The monoisotopic (exact) mass is 503 g/mol. The van der Waals surface area contributed by atoms with E-state index in [0.717, 1.165) is 4.90 Å². The third-order valence-electron chi connectivity index (χ3n) is 5.92. The minimum absolute atomic E-state index is 0.0158. The van der Waals surface area contributed by atoms with Crippen LogP contribution in [0.2, 0.25) is 5.02 Å². The van der Waals surface area contributed by atoms with E-state index in [2.05, 4.69) is 5.10 Å². The van der Waals surface area contributed by atoms with Crippen molar-refractivity contribution < 1.29 is 18.5 Å². The number of halogens is 2. The molecule has 180 valence electrons. The van der Waals surface area contributed by atoms with Crippen LogP contribution in [-0.2, 0) is 16.0 Å². The maximum atomic E-state index is 13.8. The Labute approximate surface area is 210 Å². The van der Waals surface area contributed by atoms with Crippen LogP contribution in [0.25, 0.3) is 17.0 Å². The molecule has 2 aromatic heterocycles. The molecule has 9 heteroatoms. The SMILES string of the molecule is CCCc1[nH]n(-c2ccc(Cl)cc2)c(=O)c1C1=C([n+]2ccccc2)C(=O)N(c2ccc(F)cc2)C1=O. The molecule has 5 rings (SSSR count). The first-order valence-electron chi connectivity index (χ1n) is 11.4. The third-order valence-corrected chi connectivity index (χ3v) is 6.17. The molecule has 0 saturated carbocycles. The molecule has 0 unspecified atom stereocenters. The highest BCUT2D eigenvalue weighted by Crippen LogP contribution is 2.33. The van der Waals surface area contributed by atoms with Crippen LogP contribution in [0.1, 0.15) is 24.6 Å². The molecule has 1 aliphatic heterocycles. The van der Waals surface area contributed by atoms with Crippen molar-refractivity contribution in [1.29, 1.82) is 0 Å². The predicted octanol–water partition coefficient (Wildman–Crippen LogP) is 4.14. The Morgan fingerprint density at radius 2 is 1.53 bits per heavy atom. The number of amides is 2. The largest absolute Gasteiger partial charge is 0.331 e. The van der Waals surface area contributed by atoms with Gasteiger partial charge < -0.3 is 0 Å². The van der Waals surface area contributed by atoms with Crippen LogP contribution in [0.4, 0.5) is 10.1 Å². The van der Waals surface area contributed by atoms with E-state index in [4.69, 9.17) is 11.6 Å². The van der Waals surface area contributed by atoms with Gasteiger partial charge in [0.25, 0.3) is 17.2 Å². The predicted molar refractivity (Wildman–Crippen MR) is 134 cm³/mol. The van der Waals surface area contributed by atoms with Crippen LogP contribution < -0.4 is 15.0 Å². The average Bonchev–Trinajstić information content (AvgIpc) is 3.33. The van der Waals surface area contributed by atoms with Crippen LogP contribution in [0, 0.1) is 5.82 Å². The van der Waals surface area contributed by atoms with Crippen molar-refractivity contribution in [2.75, 3.05) is 4.90 Å². The van der Waals surface area contributed by atoms with Crippen molar-refractivity contribution >= 4 is 40.4 Å². The molecule has 0 radical (unpaired) electrons. The molecule has 1 aliphatic rings. The molecule has 4 aromatic rings. The Morgan fingerprint density at radius 1 is 0.889 bits per heavy atom. The number of carbonyl (C=O) groups is 2. The fourth-order valence-corrected chi connectivity index (χ4v) is 4.42. The van der Waals surface area contributed by atoms with Crippen LogP contribution in [0.3, 0.4) is 0 Å². The molecule has 1 N–H and O–H groups in total. The highest BCUT2D eigenvalue weighted by Gasteiger charge is 2.48. The van der Waals surface area contributed by atoms with Gasteiger partial charge >= 0.3 is 5.91 Å². The van der Waals surface area contributed by atoms with Gasteiger partial charge in [-0.3, -0.25) is 19.5 Å². The summed E-state index contributed by atoms with van der Waals surface area (Å²) < 4.78 is 16.4. The van der Waals surface area contributed by atoms with E-state index in [1.54, 1.807) is 54.9 Å². The molecule has 0 saturated heterocycles. The third kappa shape index (κ3) is 3.95. The van der Waals surface area contributed by atoms with Gasteiger partial charge in [-0.2, -0.15) is 4.57 Å². The maximum absolute atomic E-state index is 13.8. The second-order valence-electron chi connectivity index (χ2n) is 8.26.